The normalized spacial score (nSPS) is 17.2. The van der Waals surface area contributed by atoms with Crippen molar-refractivity contribution in [3.05, 3.63) is 77.3 Å². The Labute approximate surface area is 251 Å². The third-order valence-electron chi connectivity index (χ3n) is 6.96. The summed E-state index contributed by atoms with van der Waals surface area (Å²) in [7, 11) is -4.28. The summed E-state index contributed by atoms with van der Waals surface area (Å²) in [6.45, 7) is 3.02. The number of pyridine rings is 1. The molecule has 2 N–H and O–H groups in total. The van der Waals surface area contributed by atoms with Gasteiger partial charge in [-0.25, -0.2) is 8.42 Å². The monoisotopic (exact) mass is 636 g/mol. The van der Waals surface area contributed by atoms with Gasteiger partial charge in [0.1, 0.15) is 11.8 Å². The van der Waals surface area contributed by atoms with E-state index in [0.717, 1.165) is 28.7 Å². The van der Waals surface area contributed by atoms with Crippen molar-refractivity contribution >= 4 is 27.6 Å². The minimum absolute atomic E-state index is 0.0210. The number of carbonyl (C=O) groups excluding carboxylic acids is 3. The van der Waals surface area contributed by atoms with Gasteiger partial charge in [0, 0.05) is 24.2 Å². The maximum absolute atomic E-state index is 13.3. The molecule has 0 saturated carbocycles. The van der Waals surface area contributed by atoms with Crippen LogP contribution in [-0.4, -0.2) is 55.5 Å². The summed E-state index contributed by atoms with van der Waals surface area (Å²) >= 11 is 0. The molecule has 44 heavy (non-hydrogen) atoms. The van der Waals surface area contributed by atoms with E-state index in [0.29, 0.717) is 0 Å². The van der Waals surface area contributed by atoms with Crippen LogP contribution in [0, 0.1) is 11.1 Å². The van der Waals surface area contributed by atoms with E-state index in [1.165, 1.54) is 36.4 Å². The van der Waals surface area contributed by atoms with Crippen molar-refractivity contribution in [3.63, 3.8) is 0 Å². The molecule has 15 heteroatoms. The smallest absolute Gasteiger partial charge is 0.416 e. The predicted molar refractivity (Wildman–Crippen MR) is 150 cm³/mol. The summed E-state index contributed by atoms with van der Waals surface area (Å²) in [6.07, 6.45) is -3.00. The van der Waals surface area contributed by atoms with E-state index in [9.17, 15) is 41.2 Å². The largest absolute Gasteiger partial charge is 0.618 e. The predicted octanol–water partition coefficient (Wildman–Crippen LogP) is 3.28. The van der Waals surface area contributed by atoms with Gasteiger partial charge >= 0.3 is 21.2 Å². The van der Waals surface area contributed by atoms with Crippen molar-refractivity contribution in [2.45, 2.75) is 56.4 Å². The number of nitrogens with one attached hydrogen (secondary N) is 2. The van der Waals surface area contributed by atoms with Crippen LogP contribution in [0.3, 0.4) is 0 Å². The number of carbonyl (C=O) groups is 3. The first-order valence-electron chi connectivity index (χ1n) is 13.8. The van der Waals surface area contributed by atoms with Gasteiger partial charge in [0.2, 0.25) is 5.91 Å². The average molecular weight is 637 g/mol. The molecule has 0 spiro atoms. The summed E-state index contributed by atoms with van der Waals surface area (Å²) in [4.78, 5) is 39.3. The van der Waals surface area contributed by atoms with Crippen LogP contribution in [0.1, 0.15) is 49.2 Å². The fourth-order valence-electron chi connectivity index (χ4n) is 4.77. The van der Waals surface area contributed by atoms with Crippen molar-refractivity contribution in [2.24, 2.45) is 5.92 Å². The first-order valence-corrected chi connectivity index (χ1v) is 15.2. The second kappa shape index (κ2) is 13.2. The number of nitrogens with zero attached hydrogens (tertiary/aromatic N) is 2. The minimum atomic E-state index is -4.56. The highest BCUT2D eigenvalue weighted by molar-refractivity contribution is 7.89. The van der Waals surface area contributed by atoms with Crippen LogP contribution >= 0.6 is 0 Å². The molecule has 0 bridgehead atoms. The number of sulfonamides is 1. The average Bonchev–Trinajstić information content (AvgIpc) is 3.38. The number of Topliss-reactive ketones (excluding diaryl/α,β-unsaturated/α-hetero) is 1. The molecule has 1 fully saturated rings. The summed E-state index contributed by atoms with van der Waals surface area (Å²) in [6, 6.07) is 8.79. The van der Waals surface area contributed by atoms with Crippen LogP contribution in [-0.2, 0) is 25.8 Å². The van der Waals surface area contributed by atoms with Crippen molar-refractivity contribution in [1.29, 1.82) is 0 Å². The molecular weight excluding hydrogens is 605 g/mol. The van der Waals surface area contributed by atoms with E-state index in [2.05, 4.69) is 10.6 Å². The van der Waals surface area contributed by atoms with Crippen molar-refractivity contribution in [2.75, 3.05) is 13.1 Å². The summed E-state index contributed by atoms with van der Waals surface area (Å²) in [5, 5.41) is 16.7. The first kappa shape index (κ1) is 32.7. The van der Waals surface area contributed by atoms with Gasteiger partial charge in [-0.2, -0.15) is 22.2 Å². The lowest BCUT2D eigenvalue weighted by atomic mass is 10.0. The summed E-state index contributed by atoms with van der Waals surface area (Å²) in [5.74, 6) is -2.33. The number of halogens is 3. The molecule has 1 saturated heterocycles. The van der Waals surface area contributed by atoms with Crippen LogP contribution in [0.5, 0.6) is 0 Å². The molecule has 0 aliphatic carbocycles. The molecule has 1 aliphatic rings. The van der Waals surface area contributed by atoms with Crippen molar-refractivity contribution < 1.29 is 45.1 Å². The highest BCUT2D eigenvalue weighted by atomic mass is 32.2. The molecule has 3 aromatic rings. The third-order valence-corrected chi connectivity index (χ3v) is 8.80. The standard InChI is InChI=1S/C29H31F3N4O7S/c1-18(2)15-22(34-28(39)25-12-11-24(43-25)19-7-5-8-20(16-19)29(30,31)32)27(38)33-21-9-6-13-35(17-23(21)37)44(41,42)26-10-3-4-14-36(26)40/h3-5,7-8,10-12,14,16,18,21-22H,6,9,13,15,17H2,1-2H3,(H,33,38)(H,34,39)/t21-,22-/m1/s1. The number of rotatable bonds is 9. The number of hydrogen-bond donors (Lipinski definition) is 2. The molecule has 4 rings (SSSR count). The fourth-order valence-corrected chi connectivity index (χ4v) is 6.24. The molecule has 2 aromatic heterocycles. The number of ketones is 1. The van der Waals surface area contributed by atoms with E-state index in [1.807, 2.05) is 13.8 Å². The molecule has 0 unspecified atom stereocenters. The topological polar surface area (TPSA) is 153 Å². The van der Waals surface area contributed by atoms with Gasteiger partial charge in [-0.15, -0.1) is 0 Å². The summed E-state index contributed by atoms with van der Waals surface area (Å²) in [5.41, 5.74) is -0.774. The number of hydrogen-bond acceptors (Lipinski definition) is 7. The number of furan rings is 1. The third kappa shape index (κ3) is 7.63. The molecule has 3 heterocycles. The number of alkyl halides is 3. The molecule has 236 valence electrons. The Morgan fingerprint density at radius 3 is 2.57 bits per heavy atom. The number of benzene rings is 1. The highest BCUT2D eigenvalue weighted by Crippen LogP contribution is 2.32. The van der Waals surface area contributed by atoms with Gasteiger partial charge in [0.05, 0.1) is 18.2 Å². The van der Waals surface area contributed by atoms with E-state index in [1.54, 1.807) is 0 Å². The fraction of sp³-hybridized carbons (Fsp3) is 0.379. The SMILES string of the molecule is CC(C)C[C@@H](NC(=O)c1ccc(-c2cccc(C(F)(F)F)c2)o1)C(=O)N[C@@H]1CCCN(S(=O)(=O)c2cccc[n+]2[O-])CC1=O. The maximum atomic E-state index is 13.3. The van der Waals surface area contributed by atoms with Crippen LogP contribution in [0.4, 0.5) is 13.2 Å². The zero-order chi connectivity index (χ0) is 32.2. The van der Waals surface area contributed by atoms with E-state index >= 15 is 0 Å². The van der Waals surface area contributed by atoms with Gasteiger partial charge < -0.3 is 20.3 Å². The molecule has 1 aliphatic heterocycles. The Hall–Kier alpha value is -4.24. The molecule has 11 nitrogen and oxygen atoms in total. The Bertz CT molecular complexity index is 1640. The number of aromatic nitrogens is 1. The Morgan fingerprint density at radius 1 is 1.14 bits per heavy atom. The summed E-state index contributed by atoms with van der Waals surface area (Å²) < 4.78 is 72.0. The van der Waals surface area contributed by atoms with Crippen LogP contribution in [0.25, 0.3) is 11.3 Å². The van der Waals surface area contributed by atoms with Gasteiger partial charge in [-0.3, -0.25) is 14.4 Å². The van der Waals surface area contributed by atoms with Crippen LogP contribution in [0.15, 0.2) is 70.2 Å². The van der Waals surface area contributed by atoms with Crippen LogP contribution < -0.4 is 15.4 Å². The molecule has 2 amide bonds. The lowest BCUT2D eigenvalue weighted by Crippen LogP contribution is -2.52. The molecule has 2 atom stereocenters. The van der Waals surface area contributed by atoms with E-state index in [-0.39, 0.29) is 53.5 Å². The second-order valence-electron chi connectivity index (χ2n) is 10.8. The lowest BCUT2D eigenvalue weighted by molar-refractivity contribution is -0.646. The Morgan fingerprint density at radius 2 is 1.89 bits per heavy atom. The molecular formula is C29H31F3N4O7S. The van der Waals surface area contributed by atoms with Gasteiger partial charge in [-0.05, 0) is 55.5 Å². The molecule has 0 radical (unpaired) electrons. The lowest BCUT2D eigenvalue weighted by Gasteiger charge is -2.23. The van der Waals surface area contributed by atoms with Gasteiger partial charge in [-0.1, -0.05) is 26.0 Å². The quantitative estimate of drug-likeness (QED) is 0.270. The second-order valence-corrected chi connectivity index (χ2v) is 12.7. The van der Waals surface area contributed by atoms with Gasteiger partial charge in [0.25, 0.3) is 5.91 Å². The Balaban J connectivity index is 1.44. The maximum Gasteiger partial charge on any atom is 0.416 e. The minimum Gasteiger partial charge on any atom is -0.618 e. The zero-order valence-electron chi connectivity index (χ0n) is 23.8. The van der Waals surface area contributed by atoms with Crippen molar-refractivity contribution in [3.8, 4) is 11.3 Å². The number of amides is 2. The van der Waals surface area contributed by atoms with Gasteiger partial charge in [0.15, 0.2) is 17.7 Å². The van der Waals surface area contributed by atoms with E-state index in [4.69, 9.17) is 4.42 Å². The first-order chi connectivity index (χ1) is 20.7. The van der Waals surface area contributed by atoms with Crippen LogP contribution in [0.2, 0.25) is 0 Å². The van der Waals surface area contributed by atoms with E-state index < -0.39 is 63.0 Å². The molecule has 1 aromatic carbocycles. The highest BCUT2D eigenvalue weighted by Gasteiger charge is 2.37. The van der Waals surface area contributed by atoms with Crippen molar-refractivity contribution in [1.82, 2.24) is 14.9 Å². The Kier molecular flexibility index (Phi) is 9.78. The zero-order valence-corrected chi connectivity index (χ0v) is 24.7.